The molecule has 98 valence electrons. The maximum absolute atomic E-state index is 12.7. The molecule has 0 aliphatic rings. The molecule has 0 fully saturated rings. The molecule has 1 amide bonds. The molecular weight excluding hydrogens is 247 g/mol. The van der Waals surface area contributed by atoms with Gasteiger partial charge in [-0.15, -0.1) is 0 Å². The predicted octanol–water partition coefficient (Wildman–Crippen LogP) is 2.55. The first-order valence-corrected chi connectivity index (χ1v) is 5.75. The highest BCUT2D eigenvalue weighted by Crippen LogP contribution is 2.11. The van der Waals surface area contributed by atoms with Crippen LogP contribution in [0, 0.1) is 12.7 Å². The van der Waals surface area contributed by atoms with Crippen LogP contribution in [0.1, 0.15) is 5.69 Å². The van der Waals surface area contributed by atoms with Gasteiger partial charge in [-0.05, 0) is 43.3 Å². The fourth-order valence-electron chi connectivity index (χ4n) is 1.47. The number of nitrogens with one attached hydrogen (secondary N) is 1. The molecule has 0 spiro atoms. The van der Waals surface area contributed by atoms with Crippen molar-refractivity contribution in [3.63, 3.8) is 0 Å². The van der Waals surface area contributed by atoms with Gasteiger partial charge < -0.3 is 10.1 Å². The summed E-state index contributed by atoms with van der Waals surface area (Å²) in [6.45, 7) is 1.69. The number of ether oxygens (including phenoxy) is 1. The summed E-state index contributed by atoms with van der Waals surface area (Å²) >= 11 is 0. The van der Waals surface area contributed by atoms with Gasteiger partial charge in [0.2, 0.25) is 0 Å². The second-order valence-electron chi connectivity index (χ2n) is 3.95. The summed E-state index contributed by atoms with van der Waals surface area (Å²) < 4.78 is 17.9. The number of hydrogen-bond acceptors (Lipinski definition) is 3. The third kappa shape index (κ3) is 4.06. The molecule has 0 aliphatic heterocycles. The van der Waals surface area contributed by atoms with E-state index in [-0.39, 0.29) is 18.3 Å². The minimum absolute atomic E-state index is 0.152. The molecule has 1 heterocycles. The molecule has 2 rings (SSSR count). The number of aryl methyl sites for hydroxylation is 1. The van der Waals surface area contributed by atoms with Gasteiger partial charge in [0.05, 0.1) is 0 Å². The molecule has 1 aromatic carbocycles. The molecule has 0 bridgehead atoms. The average Bonchev–Trinajstić information content (AvgIpc) is 2.38. The van der Waals surface area contributed by atoms with Crippen LogP contribution in [0.5, 0.6) is 5.75 Å². The van der Waals surface area contributed by atoms with E-state index in [4.69, 9.17) is 4.74 Å². The molecule has 0 saturated carbocycles. The van der Waals surface area contributed by atoms with Crippen LogP contribution in [-0.4, -0.2) is 17.5 Å². The van der Waals surface area contributed by atoms with Crippen LogP contribution >= 0.6 is 0 Å². The highest BCUT2D eigenvalue weighted by molar-refractivity contribution is 5.90. The summed E-state index contributed by atoms with van der Waals surface area (Å²) in [4.78, 5) is 15.8. The van der Waals surface area contributed by atoms with Crippen LogP contribution < -0.4 is 10.1 Å². The zero-order valence-corrected chi connectivity index (χ0v) is 10.4. The van der Waals surface area contributed by atoms with Crippen molar-refractivity contribution in [1.82, 2.24) is 4.98 Å². The maximum atomic E-state index is 12.7. The Hall–Kier alpha value is -2.43. The Morgan fingerprint density at radius 1 is 1.26 bits per heavy atom. The first-order chi connectivity index (χ1) is 9.13. The molecule has 0 saturated heterocycles. The summed E-state index contributed by atoms with van der Waals surface area (Å²) in [6, 6.07) is 10.8. The zero-order valence-electron chi connectivity index (χ0n) is 10.4. The summed E-state index contributed by atoms with van der Waals surface area (Å²) in [5.41, 5.74) is 0.817. The molecule has 0 unspecified atom stereocenters. The van der Waals surface area contributed by atoms with E-state index in [1.165, 1.54) is 24.3 Å². The highest BCUT2D eigenvalue weighted by atomic mass is 19.1. The number of carbonyl (C=O) groups is 1. The minimum Gasteiger partial charge on any atom is -0.484 e. The van der Waals surface area contributed by atoms with E-state index in [0.717, 1.165) is 5.69 Å². The van der Waals surface area contributed by atoms with Crippen molar-refractivity contribution < 1.29 is 13.9 Å². The molecule has 1 N–H and O–H groups in total. The third-order valence-electron chi connectivity index (χ3n) is 2.34. The largest absolute Gasteiger partial charge is 0.484 e. The maximum Gasteiger partial charge on any atom is 0.263 e. The number of halogens is 1. The first kappa shape index (κ1) is 13.0. The molecule has 2 aromatic rings. The Balaban J connectivity index is 1.86. The van der Waals surface area contributed by atoms with Gasteiger partial charge in [0.1, 0.15) is 17.4 Å². The zero-order chi connectivity index (χ0) is 13.7. The Labute approximate surface area is 110 Å². The number of hydrogen-bond donors (Lipinski definition) is 1. The second kappa shape index (κ2) is 5.95. The fourth-order valence-corrected chi connectivity index (χ4v) is 1.47. The SMILES string of the molecule is Cc1cccc(NC(=O)COc2ccc(F)cc2)n1. The molecule has 1 aromatic heterocycles. The topological polar surface area (TPSA) is 51.2 Å². The van der Waals surface area contributed by atoms with Crippen molar-refractivity contribution in [3.05, 3.63) is 54.0 Å². The van der Waals surface area contributed by atoms with E-state index in [2.05, 4.69) is 10.3 Å². The summed E-state index contributed by atoms with van der Waals surface area (Å²) in [7, 11) is 0. The average molecular weight is 260 g/mol. The van der Waals surface area contributed by atoms with Crippen LogP contribution in [-0.2, 0) is 4.79 Å². The van der Waals surface area contributed by atoms with Crippen LogP contribution in [0.4, 0.5) is 10.2 Å². The standard InChI is InChI=1S/C14H13FN2O2/c1-10-3-2-4-13(16-10)17-14(18)9-19-12-7-5-11(15)6-8-12/h2-8H,9H2,1H3,(H,16,17,18). The number of anilines is 1. The molecule has 0 aliphatic carbocycles. The molecular formula is C14H13FN2O2. The van der Waals surface area contributed by atoms with Gasteiger partial charge in [-0.2, -0.15) is 0 Å². The Bertz CT molecular complexity index is 570. The second-order valence-corrected chi connectivity index (χ2v) is 3.95. The lowest BCUT2D eigenvalue weighted by Gasteiger charge is -2.07. The number of carbonyl (C=O) groups excluding carboxylic acids is 1. The lowest BCUT2D eigenvalue weighted by Crippen LogP contribution is -2.20. The lowest BCUT2D eigenvalue weighted by molar-refractivity contribution is -0.118. The predicted molar refractivity (Wildman–Crippen MR) is 69.5 cm³/mol. The first-order valence-electron chi connectivity index (χ1n) is 5.75. The van der Waals surface area contributed by atoms with Crippen LogP contribution in [0.25, 0.3) is 0 Å². The van der Waals surface area contributed by atoms with E-state index in [0.29, 0.717) is 11.6 Å². The smallest absolute Gasteiger partial charge is 0.263 e. The quantitative estimate of drug-likeness (QED) is 0.919. The Morgan fingerprint density at radius 2 is 2.00 bits per heavy atom. The van der Waals surface area contributed by atoms with E-state index in [1.807, 2.05) is 13.0 Å². The molecule has 19 heavy (non-hydrogen) atoms. The van der Waals surface area contributed by atoms with Crippen LogP contribution in [0.15, 0.2) is 42.5 Å². The number of nitrogens with zero attached hydrogens (tertiary/aromatic N) is 1. The van der Waals surface area contributed by atoms with Crippen molar-refractivity contribution in [1.29, 1.82) is 0 Å². The monoisotopic (exact) mass is 260 g/mol. The lowest BCUT2D eigenvalue weighted by atomic mass is 10.3. The van der Waals surface area contributed by atoms with E-state index >= 15 is 0 Å². The number of pyridine rings is 1. The van der Waals surface area contributed by atoms with Crippen molar-refractivity contribution in [2.75, 3.05) is 11.9 Å². The number of amides is 1. The number of aromatic nitrogens is 1. The van der Waals surface area contributed by atoms with Gasteiger partial charge in [-0.1, -0.05) is 6.07 Å². The van der Waals surface area contributed by atoms with Gasteiger partial charge >= 0.3 is 0 Å². The summed E-state index contributed by atoms with van der Waals surface area (Å²) in [5.74, 6) is 0.254. The third-order valence-corrected chi connectivity index (χ3v) is 2.34. The van der Waals surface area contributed by atoms with Crippen molar-refractivity contribution >= 4 is 11.7 Å². The Kier molecular flexibility index (Phi) is 4.07. The minimum atomic E-state index is -0.347. The Morgan fingerprint density at radius 3 is 2.68 bits per heavy atom. The van der Waals surface area contributed by atoms with Gasteiger partial charge in [0, 0.05) is 5.69 Å². The van der Waals surface area contributed by atoms with Gasteiger partial charge in [-0.25, -0.2) is 9.37 Å². The highest BCUT2D eigenvalue weighted by Gasteiger charge is 2.04. The fraction of sp³-hybridized carbons (Fsp3) is 0.143. The summed E-state index contributed by atoms with van der Waals surface area (Å²) in [5, 5.41) is 2.62. The van der Waals surface area contributed by atoms with E-state index < -0.39 is 0 Å². The molecule has 0 atom stereocenters. The van der Waals surface area contributed by atoms with Crippen molar-refractivity contribution in [2.45, 2.75) is 6.92 Å². The van der Waals surface area contributed by atoms with Crippen LogP contribution in [0.3, 0.4) is 0 Å². The van der Waals surface area contributed by atoms with Gasteiger partial charge in [0.15, 0.2) is 6.61 Å². The number of rotatable bonds is 4. The van der Waals surface area contributed by atoms with E-state index in [1.54, 1.807) is 12.1 Å². The van der Waals surface area contributed by atoms with Crippen molar-refractivity contribution in [3.8, 4) is 5.75 Å². The summed E-state index contributed by atoms with van der Waals surface area (Å²) in [6.07, 6.45) is 0. The number of benzene rings is 1. The van der Waals surface area contributed by atoms with Gasteiger partial charge in [-0.3, -0.25) is 4.79 Å². The molecule has 0 radical (unpaired) electrons. The molecule has 4 nitrogen and oxygen atoms in total. The molecule has 5 heteroatoms. The van der Waals surface area contributed by atoms with Crippen LogP contribution in [0.2, 0.25) is 0 Å². The van der Waals surface area contributed by atoms with E-state index in [9.17, 15) is 9.18 Å². The van der Waals surface area contributed by atoms with Crippen molar-refractivity contribution in [2.24, 2.45) is 0 Å². The normalized spacial score (nSPS) is 10.0. The van der Waals surface area contributed by atoms with Gasteiger partial charge in [0.25, 0.3) is 5.91 Å².